The Hall–Kier alpha value is -0.590. The SMILES string of the molecule is CSc1nc(Cl)c(F)c(N2CCC[C@@](C)(O)C2)n1. The third kappa shape index (κ3) is 2.87. The maximum Gasteiger partial charge on any atom is 0.202 e. The van der Waals surface area contributed by atoms with Crippen molar-refractivity contribution in [3.63, 3.8) is 0 Å². The quantitative estimate of drug-likeness (QED) is 0.515. The average molecular weight is 292 g/mol. The van der Waals surface area contributed by atoms with E-state index in [-0.39, 0.29) is 11.0 Å². The predicted molar refractivity (Wildman–Crippen MR) is 70.9 cm³/mol. The lowest BCUT2D eigenvalue weighted by molar-refractivity contribution is 0.0445. The van der Waals surface area contributed by atoms with Crippen LogP contribution in [0.1, 0.15) is 19.8 Å². The number of thioether (sulfide) groups is 1. The number of halogens is 2. The first-order valence-electron chi connectivity index (χ1n) is 5.67. The van der Waals surface area contributed by atoms with Crippen LogP contribution in [0.5, 0.6) is 0 Å². The van der Waals surface area contributed by atoms with Crippen molar-refractivity contribution >= 4 is 29.2 Å². The van der Waals surface area contributed by atoms with Crippen molar-refractivity contribution in [2.24, 2.45) is 0 Å². The number of hydrogen-bond acceptors (Lipinski definition) is 5. The first-order chi connectivity index (χ1) is 8.43. The van der Waals surface area contributed by atoms with Crippen LogP contribution in [0.15, 0.2) is 5.16 Å². The normalized spacial score (nSPS) is 24.4. The summed E-state index contributed by atoms with van der Waals surface area (Å²) in [6.45, 7) is 2.76. The van der Waals surface area contributed by atoms with Crippen molar-refractivity contribution in [1.82, 2.24) is 9.97 Å². The molecule has 1 aliphatic heterocycles. The van der Waals surface area contributed by atoms with E-state index < -0.39 is 11.4 Å². The van der Waals surface area contributed by atoms with Gasteiger partial charge in [-0.2, -0.15) is 4.39 Å². The molecule has 7 heteroatoms. The van der Waals surface area contributed by atoms with Crippen molar-refractivity contribution in [3.8, 4) is 0 Å². The van der Waals surface area contributed by atoms with Crippen molar-refractivity contribution in [1.29, 1.82) is 0 Å². The summed E-state index contributed by atoms with van der Waals surface area (Å²) in [5.74, 6) is -0.438. The monoisotopic (exact) mass is 291 g/mol. The number of aliphatic hydroxyl groups is 1. The summed E-state index contributed by atoms with van der Waals surface area (Å²) in [6.07, 6.45) is 3.31. The van der Waals surface area contributed by atoms with Gasteiger partial charge in [-0.05, 0) is 26.0 Å². The van der Waals surface area contributed by atoms with Gasteiger partial charge in [-0.15, -0.1) is 0 Å². The van der Waals surface area contributed by atoms with Crippen LogP contribution in [-0.4, -0.2) is 40.0 Å². The molecular weight excluding hydrogens is 277 g/mol. The molecule has 2 rings (SSSR count). The van der Waals surface area contributed by atoms with Gasteiger partial charge in [0.15, 0.2) is 16.1 Å². The third-order valence-corrected chi connectivity index (χ3v) is 3.73. The van der Waals surface area contributed by atoms with Crippen LogP contribution in [0.2, 0.25) is 5.15 Å². The van der Waals surface area contributed by atoms with E-state index in [0.29, 0.717) is 24.7 Å². The second-order valence-corrected chi connectivity index (χ2v) is 5.79. The number of aromatic nitrogens is 2. The minimum atomic E-state index is -0.818. The summed E-state index contributed by atoms with van der Waals surface area (Å²) in [5.41, 5.74) is -0.818. The molecule has 0 bridgehead atoms. The summed E-state index contributed by atoms with van der Waals surface area (Å²) >= 11 is 7.07. The number of rotatable bonds is 2. The van der Waals surface area contributed by atoms with Gasteiger partial charge < -0.3 is 10.0 Å². The molecular formula is C11H15ClFN3OS. The summed E-state index contributed by atoms with van der Waals surface area (Å²) in [4.78, 5) is 9.71. The Morgan fingerprint density at radius 1 is 1.50 bits per heavy atom. The molecule has 0 aliphatic carbocycles. The molecule has 18 heavy (non-hydrogen) atoms. The summed E-state index contributed by atoms with van der Waals surface area (Å²) in [6, 6.07) is 0. The maximum absolute atomic E-state index is 14.0. The Bertz CT molecular complexity index is 458. The van der Waals surface area contributed by atoms with E-state index in [1.54, 1.807) is 18.1 Å². The topological polar surface area (TPSA) is 49.2 Å². The Labute approximate surface area is 115 Å². The summed E-state index contributed by atoms with van der Waals surface area (Å²) in [5, 5.41) is 10.3. The molecule has 1 saturated heterocycles. The Kier molecular flexibility index (Phi) is 3.99. The molecule has 4 nitrogen and oxygen atoms in total. The van der Waals surface area contributed by atoms with E-state index in [9.17, 15) is 9.50 Å². The molecule has 0 spiro atoms. The van der Waals surface area contributed by atoms with E-state index in [0.717, 1.165) is 6.42 Å². The van der Waals surface area contributed by atoms with Crippen LogP contribution in [0, 0.1) is 5.82 Å². The van der Waals surface area contributed by atoms with Gasteiger partial charge in [0.1, 0.15) is 0 Å². The second-order valence-electron chi connectivity index (χ2n) is 4.66. The Balaban J connectivity index is 2.35. The minimum absolute atomic E-state index is 0.172. The van der Waals surface area contributed by atoms with E-state index in [2.05, 4.69) is 9.97 Å². The lowest BCUT2D eigenvalue weighted by Crippen LogP contribution is -2.46. The zero-order valence-corrected chi connectivity index (χ0v) is 11.9. The molecule has 2 heterocycles. The first-order valence-corrected chi connectivity index (χ1v) is 7.27. The lowest BCUT2D eigenvalue weighted by Gasteiger charge is -2.37. The number of anilines is 1. The van der Waals surface area contributed by atoms with Crippen LogP contribution in [-0.2, 0) is 0 Å². The largest absolute Gasteiger partial charge is 0.388 e. The second kappa shape index (κ2) is 5.19. The van der Waals surface area contributed by atoms with Crippen LogP contribution >= 0.6 is 23.4 Å². The number of hydrogen-bond donors (Lipinski definition) is 1. The molecule has 0 unspecified atom stereocenters. The number of nitrogens with zero attached hydrogens (tertiary/aromatic N) is 3. The first kappa shape index (κ1) is 13.8. The van der Waals surface area contributed by atoms with Gasteiger partial charge in [-0.1, -0.05) is 23.4 Å². The highest BCUT2D eigenvalue weighted by molar-refractivity contribution is 7.98. The highest BCUT2D eigenvalue weighted by Gasteiger charge is 2.31. The van der Waals surface area contributed by atoms with Crippen molar-refractivity contribution in [2.75, 3.05) is 24.2 Å². The number of piperidine rings is 1. The maximum atomic E-state index is 14.0. The Morgan fingerprint density at radius 2 is 2.22 bits per heavy atom. The van der Waals surface area contributed by atoms with Gasteiger partial charge in [0.2, 0.25) is 5.82 Å². The van der Waals surface area contributed by atoms with Gasteiger partial charge in [-0.25, -0.2) is 9.97 Å². The third-order valence-electron chi connectivity index (χ3n) is 2.93. The fraction of sp³-hybridized carbons (Fsp3) is 0.636. The fourth-order valence-corrected chi connectivity index (χ4v) is 2.67. The molecule has 1 aromatic heterocycles. The lowest BCUT2D eigenvalue weighted by atomic mass is 9.95. The highest BCUT2D eigenvalue weighted by Crippen LogP contribution is 2.30. The van der Waals surface area contributed by atoms with Gasteiger partial charge >= 0.3 is 0 Å². The van der Waals surface area contributed by atoms with Gasteiger partial charge in [0.25, 0.3) is 0 Å². The highest BCUT2D eigenvalue weighted by atomic mass is 35.5. The molecule has 1 aliphatic rings. The Morgan fingerprint density at radius 3 is 2.83 bits per heavy atom. The van der Waals surface area contributed by atoms with E-state index in [4.69, 9.17) is 11.6 Å². The predicted octanol–water partition coefficient (Wildman–Crippen LogP) is 2.34. The van der Waals surface area contributed by atoms with Crippen LogP contribution in [0.4, 0.5) is 10.2 Å². The fourth-order valence-electron chi connectivity index (χ4n) is 2.09. The summed E-state index contributed by atoms with van der Waals surface area (Å²) in [7, 11) is 0. The van der Waals surface area contributed by atoms with E-state index >= 15 is 0 Å². The smallest absolute Gasteiger partial charge is 0.202 e. The zero-order valence-electron chi connectivity index (χ0n) is 10.3. The zero-order chi connectivity index (χ0) is 13.3. The molecule has 0 aromatic carbocycles. The standard InChI is InChI=1S/C11H15ClFN3OS/c1-11(17)4-3-5-16(6-11)9-7(13)8(12)14-10(15-9)18-2/h17H,3-6H2,1-2H3/t11-/m1/s1. The summed E-state index contributed by atoms with van der Waals surface area (Å²) < 4.78 is 14.0. The molecule has 0 amide bonds. The van der Waals surface area contributed by atoms with Crippen LogP contribution < -0.4 is 4.90 Å². The average Bonchev–Trinajstić information content (AvgIpc) is 2.31. The van der Waals surface area contributed by atoms with E-state index in [1.165, 1.54) is 11.8 Å². The van der Waals surface area contributed by atoms with Gasteiger partial charge in [0, 0.05) is 13.1 Å². The molecule has 1 aromatic rings. The molecule has 100 valence electrons. The van der Waals surface area contributed by atoms with E-state index in [1.807, 2.05) is 0 Å². The minimum Gasteiger partial charge on any atom is -0.388 e. The van der Waals surface area contributed by atoms with Crippen molar-refractivity contribution < 1.29 is 9.50 Å². The molecule has 0 saturated carbocycles. The molecule has 0 radical (unpaired) electrons. The number of β-amino-alcohol motifs (C(OH)–C–C–N with tert-alkyl or cyclic N) is 1. The van der Waals surface area contributed by atoms with Crippen LogP contribution in [0.25, 0.3) is 0 Å². The molecule has 1 atom stereocenters. The van der Waals surface area contributed by atoms with Gasteiger partial charge in [-0.3, -0.25) is 0 Å². The van der Waals surface area contributed by atoms with Crippen molar-refractivity contribution in [3.05, 3.63) is 11.0 Å². The van der Waals surface area contributed by atoms with Crippen LogP contribution in [0.3, 0.4) is 0 Å². The molecule has 1 fully saturated rings. The van der Waals surface area contributed by atoms with Crippen molar-refractivity contribution in [2.45, 2.75) is 30.5 Å². The van der Waals surface area contributed by atoms with Gasteiger partial charge in [0.05, 0.1) is 5.60 Å². The molecule has 1 N–H and O–H groups in total.